The van der Waals surface area contributed by atoms with Gasteiger partial charge in [0, 0.05) is 0 Å². The van der Waals surface area contributed by atoms with Crippen molar-refractivity contribution in [3.63, 3.8) is 0 Å². The molecule has 0 aromatic heterocycles. The van der Waals surface area contributed by atoms with Gasteiger partial charge in [0.05, 0.1) is 0 Å². The molecule has 0 heterocycles. The lowest BCUT2D eigenvalue weighted by atomic mass is 9.12. The van der Waals surface area contributed by atoms with Crippen molar-refractivity contribution in [1.29, 1.82) is 0 Å². The molecular formula is C42H15BF21P. The van der Waals surface area contributed by atoms with Crippen LogP contribution >= 0.6 is 7.57 Å². The monoisotopic (exact) mass is 960 g/mol. The molecule has 0 fully saturated rings. The highest BCUT2D eigenvalue weighted by atomic mass is 31.2. The Hall–Kier alpha value is -6.44. The van der Waals surface area contributed by atoms with Crippen molar-refractivity contribution in [3.8, 4) is 0 Å². The van der Waals surface area contributed by atoms with Crippen LogP contribution < -0.4 is 37.8 Å². The summed E-state index contributed by atoms with van der Waals surface area (Å²) in [4.78, 5) is 0. The maximum absolute atomic E-state index is 16.1. The molecule has 7 rings (SSSR count). The van der Waals surface area contributed by atoms with Gasteiger partial charge in [0.15, 0.2) is 69.8 Å². The summed E-state index contributed by atoms with van der Waals surface area (Å²) in [6, 6.07) is 28.4. The summed E-state index contributed by atoms with van der Waals surface area (Å²) in [6.07, 6.45) is -7.22. The molecule has 7 aromatic rings. The lowest BCUT2D eigenvalue weighted by Crippen LogP contribution is -2.81. The van der Waals surface area contributed by atoms with E-state index < -0.39 is 152 Å². The molecule has 338 valence electrons. The Morgan fingerprint density at radius 3 is 0.508 bits per heavy atom. The third kappa shape index (κ3) is 7.34. The molecule has 0 radical (unpaired) electrons. The minimum Gasteiger partial charge on any atom is -0.207 e. The van der Waals surface area contributed by atoms with Crippen molar-refractivity contribution in [1.82, 2.24) is 0 Å². The third-order valence-corrected chi connectivity index (χ3v) is 13.1. The minimum atomic E-state index is -7.22. The summed E-state index contributed by atoms with van der Waals surface area (Å²) < 4.78 is 310. The van der Waals surface area contributed by atoms with Crippen molar-refractivity contribution in [2.24, 2.45) is 0 Å². The van der Waals surface area contributed by atoms with E-state index >= 15 is 39.3 Å². The molecule has 0 nitrogen and oxygen atoms in total. The molecule has 0 bridgehead atoms. The summed E-state index contributed by atoms with van der Waals surface area (Å²) in [5, 5.41) is 2.28. The van der Waals surface area contributed by atoms with E-state index in [2.05, 4.69) is 0 Å². The zero-order chi connectivity index (χ0) is 48.2. The molecule has 0 spiro atoms. The maximum atomic E-state index is 16.1. The Kier molecular flexibility index (Phi) is 13.2. The van der Waals surface area contributed by atoms with Gasteiger partial charge < -0.3 is 0 Å². The summed E-state index contributed by atoms with van der Waals surface area (Å²) >= 11 is 0. The van der Waals surface area contributed by atoms with Crippen molar-refractivity contribution >= 4 is 51.5 Å². The van der Waals surface area contributed by atoms with Crippen LogP contribution in [0.3, 0.4) is 0 Å². The lowest BCUT2D eigenvalue weighted by Gasteiger charge is -2.44. The van der Waals surface area contributed by atoms with Crippen molar-refractivity contribution in [2.75, 3.05) is 0 Å². The van der Waals surface area contributed by atoms with Crippen molar-refractivity contribution in [3.05, 3.63) is 207 Å². The highest BCUT2D eigenvalue weighted by Crippen LogP contribution is 2.56. The van der Waals surface area contributed by atoms with Gasteiger partial charge >= 0.3 is 0 Å². The molecule has 0 saturated heterocycles. The van der Waals surface area contributed by atoms with Gasteiger partial charge in [0.25, 0.3) is 7.57 Å². The number of benzene rings is 7. The third-order valence-electron chi connectivity index (χ3n) is 10.0. The molecule has 7 aromatic carbocycles. The van der Waals surface area contributed by atoms with Gasteiger partial charge in [0.2, 0.25) is 0 Å². The van der Waals surface area contributed by atoms with E-state index in [1.54, 1.807) is 0 Å². The molecular weight excluding hydrogens is 945 g/mol. The van der Waals surface area contributed by atoms with E-state index in [9.17, 15) is 52.7 Å². The Morgan fingerprint density at radius 1 is 0.215 bits per heavy atom. The Morgan fingerprint density at radius 2 is 0.354 bits per heavy atom. The van der Waals surface area contributed by atoms with Gasteiger partial charge in [-0.15, -0.1) is 21.9 Å². The molecule has 0 aliphatic heterocycles. The van der Waals surface area contributed by atoms with Crippen molar-refractivity contribution in [2.45, 2.75) is 0 Å². The van der Waals surface area contributed by atoms with E-state index in [4.69, 9.17) is 0 Å². The highest BCUT2D eigenvalue weighted by molar-refractivity contribution is 7.91. The molecule has 0 amide bonds. The Bertz CT molecular complexity index is 2510. The largest absolute Gasteiger partial charge is 0.298 e. The number of hydrogen-bond donors (Lipinski definition) is 0. The van der Waals surface area contributed by atoms with Crippen LogP contribution in [0.15, 0.2) is 91.0 Å². The second kappa shape index (κ2) is 17.9. The summed E-state index contributed by atoms with van der Waals surface area (Å²) in [6.45, 7) is 0. The topological polar surface area (TPSA) is 0 Å². The minimum absolute atomic E-state index is 0.761. The summed E-state index contributed by atoms with van der Waals surface area (Å²) in [5.41, 5.74) is -14.3. The van der Waals surface area contributed by atoms with Gasteiger partial charge in [-0.05, 0) is 40.6 Å². The molecule has 0 N–H and O–H groups in total. The first kappa shape index (κ1) is 48.0. The number of rotatable bonds is 7. The molecule has 23 heteroatoms. The first-order valence-corrected chi connectivity index (χ1v) is 19.2. The summed E-state index contributed by atoms with van der Waals surface area (Å²) in [7, 11) is -3.03. The van der Waals surface area contributed by atoms with Crippen LogP contribution in [-0.4, -0.2) is 6.15 Å². The molecule has 0 aliphatic rings. The fourth-order valence-corrected chi connectivity index (χ4v) is 9.86. The number of halogens is 21. The van der Waals surface area contributed by atoms with Gasteiger partial charge in [-0.1, -0.05) is 54.6 Å². The molecule has 0 atom stereocenters. The van der Waals surface area contributed by atoms with E-state index in [-0.39, 0.29) is 0 Å². The van der Waals surface area contributed by atoms with Crippen LogP contribution in [0.2, 0.25) is 0 Å². The van der Waals surface area contributed by atoms with Crippen LogP contribution in [0.25, 0.3) is 0 Å². The molecule has 65 heavy (non-hydrogen) atoms. The SMILES string of the molecule is F[P+](c1ccccc1)(c1ccccc1)c1ccccc1.Fc1c(F)c(F)c([B-](c2c(F)c(F)c(F)c(F)c2F)(c2c(F)c(F)c(F)c(F)c2F)c2c(F)c(F)c(F)c(F)c2F)c(F)c1F. The highest BCUT2D eigenvalue weighted by Gasteiger charge is 2.52. The fraction of sp³-hybridized carbons (Fsp3) is 0. The molecule has 0 saturated carbocycles. The van der Waals surface area contributed by atoms with Crippen LogP contribution in [0, 0.1) is 116 Å². The zero-order valence-corrected chi connectivity index (χ0v) is 32.0. The smallest absolute Gasteiger partial charge is 0.207 e. The number of hydrogen-bond acceptors (Lipinski definition) is 0. The Balaban J connectivity index is 0.000000289. The van der Waals surface area contributed by atoms with Crippen molar-refractivity contribution < 1.29 is 92.0 Å². The van der Waals surface area contributed by atoms with E-state index in [0.29, 0.717) is 0 Å². The van der Waals surface area contributed by atoms with E-state index in [1.807, 2.05) is 91.0 Å². The normalized spacial score (nSPS) is 11.8. The lowest BCUT2D eigenvalue weighted by molar-refractivity contribution is 0.378. The van der Waals surface area contributed by atoms with Gasteiger partial charge in [-0.3, -0.25) is 0 Å². The average Bonchev–Trinajstić information content (AvgIpc) is 3.32. The predicted molar refractivity (Wildman–Crippen MR) is 195 cm³/mol. The Labute approximate surface area is 350 Å². The quantitative estimate of drug-likeness (QED) is 0.0491. The van der Waals surface area contributed by atoms with Gasteiger partial charge in [-0.25, -0.2) is 87.8 Å². The van der Waals surface area contributed by atoms with E-state index in [0.717, 1.165) is 15.9 Å². The molecule has 0 aliphatic carbocycles. The van der Waals surface area contributed by atoms with Crippen LogP contribution in [0.4, 0.5) is 92.0 Å². The second-order valence-corrected chi connectivity index (χ2v) is 16.1. The first-order chi connectivity index (χ1) is 30.5. The maximum Gasteiger partial charge on any atom is 0.298 e. The van der Waals surface area contributed by atoms with Gasteiger partial charge in [0.1, 0.15) is 68.6 Å². The summed E-state index contributed by atoms with van der Waals surface area (Å²) in [5.74, 6) is -71.4. The van der Waals surface area contributed by atoms with Crippen LogP contribution in [0.1, 0.15) is 0 Å². The van der Waals surface area contributed by atoms with Crippen LogP contribution in [-0.2, 0) is 0 Å². The average molecular weight is 960 g/mol. The predicted octanol–water partition coefficient (Wildman–Crippen LogP) is 9.71. The zero-order valence-electron chi connectivity index (χ0n) is 31.1. The first-order valence-electron chi connectivity index (χ1n) is 17.5. The van der Waals surface area contributed by atoms with E-state index in [1.165, 1.54) is 0 Å². The standard InChI is InChI=1S/C24BF20.C18H15FP/c26-5-1(6(27)14(35)21(42)13(5)34)25(2-7(28)15(36)22(43)16(37)8(2)29,3-9(30)17(38)23(44)18(39)10(3)31)4-11(32)19(40)24(45)20(41)12(4)33;19-20(16-10-4-1-5-11-16,17-12-6-2-7-13-17)18-14-8-3-9-15-18/h;1-15H/q-1;+1. The second-order valence-electron chi connectivity index (χ2n) is 13.4. The van der Waals surface area contributed by atoms with Crippen LogP contribution in [0.5, 0.6) is 0 Å². The molecule has 0 unspecified atom stereocenters. The fourth-order valence-electron chi connectivity index (χ4n) is 7.22. The van der Waals surface area contributed by atoms with Gasteiger partial charge in [-0.2, -0.15) is 0 Å².